The maximum atomic E-state index is 14.6. The fraction of sp³-hybridized carbons (Fsp3) is 0.727. The maximum absolute atomic E-state index is 14.6. The van der Waals surface area contributed by atoms with E-state index in [0.717, 1.165) is 24.4 Å². The van der Waals surface area contributed by atoms with Crippen LogP contribution in [0.1, 0.15) is 112 Å². The van der Waals surface area contributed by atoms with Crippen LogP contribution in [0.2, 0.25) is 0 Å². The van der Waals surface area contributed by atoms with Crippen LogP contribution in [0.15, 0.2) is 47.6 Å². The minimum atomic E-state index is -2.53. The first-order valence-corrected chi connectivity index (χ1v) is 26.4. The second-order valence-electron chi connectivity index (χ2n) is 21.1. The third-order valence-corrected chi connectivity index (χ3v) is 15.8. The zero-order valence-electron chi connectivity index (χ0n) is 44.2. The van der Waals surface area contributed by atoms with Gasteiger partial charge in [-0.3, -0.25) is 19.2 Å². The minimum Gasteiger partial charge on any atom is -0.456 e. The largest absolute Gasteiger partial charge is 0.456 e. The number of nitrogens with zero attached hydrogens (tertiary/aromatic N) is 2. The highest BCUT2D eigenvalue weighted by atomic mass is 16.7. The first-order valence-electron chi connectivity index (χ1n) is 26.4. The van der Waals surface area contributed by atoms with E-state index in [2.05, 4.69) is 17.1 Å². The molecule has 17 heteroatoms. The number of amides is 2. The molecule has 5 aliphatic rings. The van der Waals surface area contributed by atoms with Gasteiger partial charge in [0.2, 0.25) is 11.7 Å². The Hall–Kier alpha value is -4.07. The van der Waals surface area contributed by atoms with Crippen molar-refractivity contribution in [1.29, 1.82) is 0 Å². The Labute approximate surface area is 426 Å². The molecular weight excluding hydrogens is 927 g/mol. The lowest BCUT2D eigenvalue weighted by Crippen LogP contribution is -2.64. The molecule has 6 rings (SSSR count). The van der Waals surface area contributed by atoms with E-state index in [-0.39, 0.29) is 68.1 Å². The second-order valence-corrected chi connectivity index (χ2v) is 21.1. The molecule has 1 aromatic carbocycles. The molecule has 0 unspecified atom stereocenters. The quantitative estimate of drug-likeness (QED) is 0.133. The first kappa shape index (κ1) is 57.2. The lowest BCUT2D eigenvalue weighted by Gasteiger charge is -2.47. The number of aliphatic hydroxyl groups excluding tert-OH is 1. The van der Waals surface area contributed by atoms with Crippen LogP contribution in [0.5, 0.6) is 0 Å². The number of ether oxygens (including phenoxy) is 7. The number of hydrogen-bond acceptors (Lipinski definition) is 15. The molecule has 0 radical (unpaired) electrons. The average molecular weight is 1010 g/mol. The van der Waals surface area contributed by atoms with Crippen molar-refractivity contribution >= 4 is 40.7 Å². The molecule has 14 atom stereocenters. The number of fused-ring (bicyclic) bond motifs is 3. The molecule has 2 bridgehead atoms. The monoisotopic (exact) mass is 1010 g/mol. The fourth-order valence-corrected chi connectivity index (χ4v) is 11.5. The van der Waals surface area contributed by atoms with Crippen molar-refractivity contribution in [3.63, 3.8) is 0 Å². The number of esters is 1. The SMILES string of the molecule is CC[C@@H]1/C=C(\C)C[C@H](C)C[C@H](OC)[C@H]2O[C@@](O)(C(=O)C(=O)N3CCCC[C@H]3C(=O)O[C@H](/C(C)=C/[C@@H]3CC[C@@H](OCC(=O)Nc4ccc(N5CCOCC5)cc4)[C@H](OC)C3)[C@H](C)[C@@H](O)CC1=O)[C@H](C)C[C@@H]2OC. The number of carbonyl (C=O) groups is 5. The lowest BCUT2D eigenvalue weighted by atomic mass is 9.81. The Morgan fingerprint density at radius 3 is 2.22 bits per heavy atom. The molecule has 3 saturated heterocycles. The van der Waals surface area contributed by atoms with Crippen LogP contribution >= 0.6 is 0 Å². The summed E-state index contributed by atoms with van der Waals surface area (Å²) in [5.74, 6) is -8.05. The zero-order valence-corrected chi connectivity index (χ0v) is 44.2. The Kier molecular flexibility index (Phi) is 21.0. The molecule has 4 aliphatic heterocycles. The molecule has 1 saturated carbocycles. The van der Waals surface area contributed by atoms with E-state index < -0.39 is 77.8 Å². The van der Waals surface area contributed by atoms with Gasteiger partial charge in [0.05, 0.1) is 43.7 Å². The molecule has 17 nitrogen and oxygen atoms in total. The van der Waals surface area contributed by atoms with E-state index >= 15 is 0 Å². The molecule has 402 valence electrons. The Morgan fingerprint density at radius 1 is 0.875 bits per heavy atom. The fourth-order valence-electron chi connectivity index (χ4n) is 11.5. The van der Waals surface area contributed by atoms with Crippen molar-refractivity contribution in [3.8, 4) is 0 Å². The van der Waals surface area contributed by atoms with Crippen LogP contribution in [0.4, 0.5) is 11.4 Å². The molecule has 72 heavy (non-hydrogen) atoms. The van der Waals surface area contributed by atoms with Crippen LogP contribution in [0.25, 0.3) is 0 Å². The second kappa shape index (κ2) is 26.4. The van der Waals surface area contributed by atoms with Gasteiger partial charge in [-0.1, -0.05) is 45.4 Å². The number of allylic oxidation sites excluding steroid dienone is 3. The molecule has 3 N–H and O–H groups in total. The summed E-state index contributed by atoms with van der Waals surface area (Å²) in [6.45, 7) is 14.1. The Bertz CT molecular complexity index is 2060. The van der Waals surface area contributed by atoms with Crippen molar-refractivity contribution in [2.24, 2.45) is 29.6 Å². The van der Waals surface area contributed by atoms with Gasteiger partial charge in [-0.05, 0) is 120 Å². The van der Waals surface area contributed by atoms with Crippen molar-refractivity contribution in [1.82, 2.24) is 4.90 Å². The molecule has 2 amide bonds. The van der Waals surface area contributed by atoms with Gasteiger partial charge in [0.15, 0.2) is 0 Å². The third-order valence-electron chi connectivity index (χ3n) is 15.8. The average Bonchev–Trinajstić information content (AvgIpc) is 3.38. The number of morpholine rings is 1. The number of methoxy groups -OCH3 is 3. The zero-order chi connectivity index (χ0) is 52.3. The summed E-state index contributed by atoms with van der Waals surface area (Å²) < 4.78 is 42.0. The summed E-state index contributed by atoms with van der Waals surface area (Å²) in [6.07, 6.45) is 3.65. The number of nitrogens with one attached hydrogen (secondary N) is 1. The van der Waals surface area contributed by atoms with Gasteiger partial charge in [-0.2, -0.15) is 0 Å². The van der Waals surface area contributed by atoms with Gasteiger partial charge >= 0.3 is 5.97 Å². The van der Waals surface area contributed by atoms with Crippen LogP contribution in [0, 0.1) is 29.6 Å². The number of benzene rings is 1. The van der Waals surface area contributed by atoms with E-state index in [4.69, 9.17) is 33.2 Å². The summed E-state index contributed by atoms with van der Waals surface area (Å²) in [5.41, 5.74) is 3.36. The minimum absolute atomic E-state index is 0.0147. The van der Waals surface area contributed by atoms with Crippen LogP contribution in [-0.2, 0) is 57.1 Å². The number of piperidine rings is 1. The summed E-state index contributed by atoms with van der Waals surface area (Å²) in [5, 5.41) is 27.0. The number of rotatable bonds is 11. The van der Waals surface area contributed by atoms with Crippen molar-refractivity contribution in [2.75, 3.05) is 71.0 Å². The molecule has 4 fully saturated rings. The first-order chi connectivity index (χ1) is 34.4. The van der Waals surface area contributed by atoms with Gasteiger partial charge in [-0.15, -0.1) is 0 Å². The standard InChI is InChI=1S/C55H83N3O14/c1-10-39-26-33(2)25-34(3)27-47(67-8)51-48(68-9)29-36(5)55(65,72-51)52(62)53(63)58-20-12-11-13-42(58)54(64)71-50(37(6)43(59)31-44(39)60)35(4)28-38-14-19-45(46(30-38)66-7)70-32-49(61)56-40-15-17-41(18-16-40)57-21-23-69-24-22-57/h15-18,26,28,34,36-39,42-43,45-48,50-51,59,65H,10-14,19-25,27,29-32H2,1-9H3,(H,56,61)/b33-26+,35-28+/t34-,36+,37+,38-,39+,42-,43-,45+,46+,47-,48-,50+,51+,55+/m0/s1. The van der Waals surface area contributed by atoms with Crippen LogP contribution < -0.4 is 10.2 Å². The topological polar surface area (TPSA) is 209 Å². The summed E-state index contributed by atoms with van der Waals surface area (Å²) in [7, 11) is 4.67. The van der Waals surface area contributed by atoms with Gasteiger partial charge in [-0.25, -0.2) is 4.79 Å². The smallest absolute Gasteiger partial charge is 0.329 e. The van der Waals surface area contributed by atoms with Crippen molar-refractivity contribution < 1.29 is 67.3 Å². The Morgan fingerprint density at radius 2 is 1.56 bits per heavy atom. The number of cyclic esters (lactones) is 1. The van der Waals surface area contributed by atoms with Crippen molar-refractivity contribution in [2.45, 2.75) is 167 Å². The molecular formula is C55H83N3O14. The normalized spacial score (nSPS) is 36.1. The predicted octanol–water partition coefficient (Wildman–Crippen LogP) is 5.97. The van der Waals surface area contributed by atoms with Crippen LogP contribution in [-0.4, -0.2) is 160 Å². The van der Waals surface area contributed by atoms with Gasteiger partial charge < -0.3 is 58.5 Å². The number of carbonyl (C=O) groups excluding carboxylic acids is 5. The highest BCUT2D eigenvalue weighted by Gasteiger charge is 2.56. The predicted molar refractivity (Wildman–Crippen MR) is 270 cm³/mol. The number of anilines is 2. The van der Waals surface area contributed by atoms with E-state index in [1.54, 1.807) is 21.0 Å². The van der Waals surface area contributed by atoms with Crippen LogP contribution in [0.3, 0.4) is 0 Å². The van der Waals surface area contributed by atoms with E-state index in [1.807, 2.05) is 57.2 Å². The summed E-state index contributed by atoms with van der Waals surface area (Å²) >= 11 is 0. The molecule has 0 spiro atoms. The Balaban J connectivity index is 1.21. The summed E-state index contributed by atoms with van der Waals surface area (Å²) in [4.78, 5) is 73.9. The highest BCUT2D eigenvalue weighted by Crippen LogP contribution is 2.39. The highest BCUT2D eigenvalue weighted by molar-refractivity contribution is 6.39. The van der Waals surface area contributed by atoms with E-state index in [0.29, 0.717) is 75.8 Å². The number of ketones is 2. The summed E-state index contributed by atoms with van der Waals surface area (Å²) in [6, 6.07) is 6.54. The van der Waals surface area contributed by atoms with Gasteiger partial charge in [0.1, 0.15) is 30.6 Å². The molecule has 4 heterocycles. The molecule has 1 aromatic rings. The maximum Gasteiger partial charge on any atom is 0.329 e. The van der Waals surface area contributed by atoms with E-state index in [9.17, 15) is 34.2 Å². The van der Waals surface area contributed by atoms with Gasteiger partial charge in [0, 0.05) is 76.5 Å². The van der Waals surface area contributed by atoms with E-state index in [1.165, 1.54) is 19.1 Å². The van der Waals surface area contributed by atoms with Crippen molar-refractivity contribution in [3.05, 3.63) is 47.6 Å². The number of hydrogen-bond donors (Lipinski definition) is 3. The molecule has 1 aliphatic carbocycles. The third kappa shape index (κ3) is 14.2. The number of aliphatic hydroxyl groups is 2. The molecule has 0 aromatic heterocycles. The number of Topliss-reactive ketones (excluding diaryl/α,β-unsaturated/α-hetero) is 2. The lowest BCUT2D eigenvalue weighted by molar-refractivity contribution is -0.302. The van der Waals surface area contributed by atoms with Gasteiger partial charge in [0.25, 0.3) is 11.7 Å².